The number of pyridine rings is 1. The van der Waals surface area contributed by atoms with Crippen LogP contribution in [0.15, 0.2) is 42.7 Å². The molecular weight excluding hydrogens is 278 g/mol. The molecule has 4 heteroatoms. The molecule has 0 aliphatic carbocycles. The molecule has 0 amide bonds. The minimum absolute atomic E-state index is 0.351. The van der Waals surface area contributed by atoms with Gasteiger partial charge in [-0.05, 0) is 32.0 Å². The molecule has 2 aromatic heterocycles. The number of thiazole rings is 1. The van der Waals surface area contributed by atoms with E-state index in [0.29, 0.717) is 6.04 Å². The molecule has 0 spiro atoms. The molecular formula is C17H19N3S. The van der Waals surface area contributed by atoms with Crippen molar-refractivity contribution < 1.29 is 0 Å². The van der Waals surface area contributed by atoms with Gasteiger partial charge in [-0.1, -0.05) is 25.1 Å². The lowest BCUT2D eigenvalue weighted by atomic mass is 10.1. The normalized spacial score (nSPS) is 12.7. The van der Waals surface area contributed by atoms with Gasteiger partial charge in [0.15, 0.2) is 0 Å². The van der Waals surface area contributed by atoms with E-state index >= 15 is 0 Å². The number of benzene rings is 1. The molecule has 0 saturated heterocycles. The monoisotopic (exact) mass is 297 g/mol. The molecule has 0 radical (unpaired) electrons. The molecule has 108 valence electrons. The molecule has 1 atom stereocenters. The van der Waals surface area contributed by atoms with Crippen molar-refractivity contribution in [2.75, 3.05) is 6.54 Å². The molecule has 0 bridgehead atoms. The lowest BCUT2D eigenvalue weighted by molar-refractivity contribution is 0.577. The van der Waals surface area contributed by atoms with Crippen molar-refractivity contribution in [2.24, 2.45) is 0 Å². The summed E-state index contributed by atoms with van der Waals surface area (Å²) in [7, 11) is 0. The second-order valence-electron chi connectivity index (χ2n) is 5.12. The van der Waals surface area contributed by atoms with Gasteiger partial charge < -0.3 is 5.32 Å². The van der Waals surface area contributed by atoms with Crippen molar-refractivity contribution in [1.29, 1.82) is 0 Å². The third kappa shape index (κ3) is 2.96. The van der Waals surface area contributed by atoms with E-state index < -0.39 is 0 Å². The Morgan fingerprint density at radius 3 is 2.90 bits per heavy atom. The van der Waals surface area contributed by atoms with E-state index in [4.69, 9.17) is 0 Å². The number of fused-ring (bicyclic) bond motifs is 1. The van der Waals surface area contributed by atoms with Gasteiger partial charge in [0.25, 0.3) is 0 Å². The fourth-order valence-electron chi connectivity index (χ4n) is 2.36. The van der Waals surface area contributed by atoms with Gasteiger partial charge in [-0.25, -0.2) is 4.98 Å². The highest BCUT2D eigenvalue weighted by Crippen LogP contribution is 2.32. The maximum Gasteiger partial charge on any atom is 0.124 e. The summed E-state index contributed by atoms with van der Waals surface area (Å²) in [5.74, 6) is 0. The number of nitrogens with one attached hydrogen (secondary N) is 1. The Labute approximate surface area is 129 Å². The van der Waals surface area contributed by atoms with Gasteiger partial charge in [-0.15, -0.1) is 11.3 Å². The van der Waals surface area contributed by atoms with Crippen LogP contribution in [0.25, 0.3) is 21.5 Å². The number of para-hydroxylation sites is 1. The quantitative estimate of drug-likeness (QED) is 0.757. The molecule has 2 heterocycles. The Hall–Kier alpha value is -1.78. The number of nitrogens with zero attached hydrogens (tertiary/aromatic N) is 2. The highest BCUT2D eigenvalue weighted by molar-refractivity contribution is 7.15. The highest BCUT2D eigenvalue weighted by Gasteiger charge is 2.12. The summed E-state index contributed by atoms with van der Waals surface area (Å²) in [5.41, 5.74) is 2.18. The van der Waals surface area contributed by atoms with E-state index in [1.807, 2.05) is 30.6 Å². The van der Waals surface area contributed by atoms with Crippen LogP contribution >= 0.6 is 11.3 Å². The van der Waals surface area contributed by atoms with E-state index in [1.165, 1.54) is 10.4 Å². The van der Waals surface area contributed by atoms with Gasteiger partial charge in [0.2, 0.25) is 0 Å². The second-order valence-corrected chi connectivity index (χ2v) is 6.18. The number of hydrogen-bond donors (Lipinski definition) is 1. The molecule has 1 unspecified atom stereocenters. The van der Waals surface area contributed by atoms with E-state index in [1.54, 1.807) is 11.3 Å². The molecule has 3 aromatic rings. The van der Waals surface area contributed by atoms with Crippen LogP contribution in [0.1, 0.15) is 31.2 Å². The first-order valence-corrected chi connectivity index (χ1v) is 8.14. The van der Waals surface area contributed by atoms with E-state index in [9.17, 15) is 0 Å². The first-order chi connectivity index (χ1) is 10.3. The van der Waals surface area contributed by atoms with E-state index in [-0.39, 0.29) is 0 Å². The van der Waals surface area contributed by atoms with Crippen molar-refractivity contribution in [3.05, 3.63) is 47.6 Å². The molecule has 0 saturated carbocycles. The van der Waals surface area contributed by atoms with Gasteiger partial charge in [0.05, 0.1) is 5.52 Å². The summed E-state index contributed by atoms with van der Waals surface area (Å²) in [6.45, 7) is 5.41. The highest BCUT2D eigenvalue weighted by atomic mass is 32.1. The average molecular weight is 297 g/mol. The molecule has 3 rings (SSSR count). The van der Waals surface area contributed by atoms with Gasteiger partial charge >= 0.3 is 0 Å². The molecule has 1 aromatic carbocycles. The van der Waals surface area contributed by atoms with Gasteiger partial charge in [0.1, 0.15) is 5.01 Å². The minimum Gasteiger partial charge on any atom is -0.309 e. The maximum absolute atomic E-state index is 4.62. The Morgan fingerprint density at radius 2 is 2.05 bits per heavy atom. The lowest BCUT2D eigenvalue weighted by Crippen LogP contribution is -2.18. The van der Waals surface area contributed by atoms with Crippen molar-refractivity contribution >= 4 is 22.2 Å². The second kappa shape index (κ2) is 6.33. The SMILES string of the molecule is CCCNC(C)c1cnc(-c2ccnc3ccccc23)s1. The zero-order chi connectivity index (χ0) is 14.7. The van der Waals surface area contributed by atoms with Crippen LogP contribution in [0.5, 0.6) is 0 Å². The van der Waals surface area contributed by atoms with Crippen molar-refractivity contribution in [3.63, 3.8) is 0 Å². The fraction of sp³-hybridized carbons (Fsp3) is 0.294. The number of rotatable bonds is 5. The van der Waals surface area contributed by atoms with Crippen LogP contribution in [0.4, 0.5) is 0 Å². The average Bonchev–Trinajstić information content (AvgIpc) is 3.02. The zero-order valence-electron chi connectivity index (χ0n) is 12.3. The van der Waals surface area contributed by atoms with Crippen LogP contribution in [0.3, 0.4) is 0 Å². The fourth-order valence-corrected chi connectivity index (χ4v) is 3.34. The molecule has 21 heavy (non-hydrogen) atoms. The summed E-state index contributed by atoms with van der Waals surface area (Å²) in [5, 5.41) is 5.73. The predicted octanol–water partition coefficient (Wildman–Crippen LogP) is 4.42. The standard InChI is InChI=1S/C17H19N3S/c1-3-9-18-12(2)16-11-20-17(21-16)14-8-10-19-15-7-5-4-6-13(14)15/h4-8,10-12,18H,3,9H2,1-2H3. The van der Waals surface area contributed by atoms with Crippen LogP contribution < -0.4 is 5.32 Å². The third-order valence-electron chi connectivity index (χ3n) is 3.53. The first kappa shape index (κ1) is 14.2. The first-order valence-electron chi connectivity index (χ1n) is 7.33. The van der Waals surface area contributed by atoms with Crippen LogP contribution in [-0.2, 0) is 0 Å². The summed E-state index contributed by atoms with van der Waals surface area (Å²) in [4.78, 5) is 10.3. The topological polar surface area (TPSA) is 37.8 Å². The summed E-state index contributed by atoms with van der Waals surface area (Å²) < 4.78 is 0. The van der Waals surface area contributed by atoms with E-state index in [0.717, 1.165) is 28.9 Å². The maximum atomic E-state index is 4.62. The largest absolute Gasteiger partial charge is 0.309 e. The summed E-state index contributed by atoms with van der Waals surface area (Å²) in [6.07, 6.45) is 4.99. The van der Waals surface area contributed by atoms with Gasteiger partial charge in [-0.2, -0.15) is 0 Å². The van der Waals surface area contributed by atoms with Gasteiger partial charge in [0, 0.05) is 34.3 Å². The Bertz CT molecular complexity index is 730. The zero-order valence-corrected chi connectivity index (χ0v) is 13.2. The molecule has 0 aliphatic heterocycles. The van der Waals surface area contributed by atoms with Crippen LogP contribution in [0, 0.1) is 0 Å². The van der Waals surface area contributed by atoms with Crippen molar-refractivity contribution in [3.8, 4) is 10.6 Å². The lowest BCUT2D eigenvalue weighted by Gasteiger charge is -2.09. The molecule has 1 N–H and O–H groups in total. The van der Waals surface area contributed by atoms with Crippen molar-refractivity contribution in [2.45, 2.75) is 26.3 Å². The molecule has 0 fully saturated rings. The van der Waals surface area contributed by atoms with E-state index in [2.05, 4.69) is 41.3 Å². The Morgan fingerprint density at radius 1 is 1.19 bits per heavy atom. The Balaban J connectivity index is 1.95. The summed E-state index contributed by atoms with van der Waals surface area (Å²) >= 11 is 1.76. The van der Waals surface area contributed by atoms with Gasteiger partial charge in [-0.3, -0.25) is 4.98 Å². The molecule has 3 nitrogen and oxygen atoms in total. The van der Waals surface area contributed by atoms with Crippen LogP contribution in [-0.4, -0.2) is 16.5 Å². The smallest absolute Gasteiger partial charge is 0.124 e. The van der Waals surface area contributed by atoms with Crippen LogP contribution in [0.2, 0.25) is 0 Å². The summed E-state index contributed by atoms with van der Waals surface area (Å²) in [6, 6.07) is 10.6. The number of aromatic nitrogens is 2. The predicted molar refractivity (Wildman–Crippen MR) is 89.6 cm³/mol. The minimum atomic E-state index is 0.351. The molecule has 0 aliphatic rings. The number of hydrogen-bond acceptors (Lipinski definition) is 4. The third-order valence-corrected chi connectivity index (χ3v) is 4.74. The Kier molecular flexibility index (Phi) is 4.27. The van der Waals surface area contributed by atoms with Crippen molar-refractivity contribution in [1.82, 2.24) is 15.3 Å².